The van der Waals surface area contributed by atoms with Gasteiger partial charge in [0.1, 0.15) is 6.10 Å². The van der Waals surface area contributed by atoms with Gasteiger partial charge in [-0.1, -0.05) is 24.3 Å². The molecule has 0 amide bonds. The van der Waals surface area contributed by atoms with Gasteiger partial charge in [0, 0.05) is 0 Å². The smallest absolute Gasteiger partial charge is 0.154 e. The first-order valence-electron chi connectivity index (χ1n) is 6.67. The molecule has 0 spiro atoms. The summed E-state index contributed by atoms with van der Waals surface area (Å²) in [7, 11) is -3.03. The van der Waals surface area contributed by atoms with Gasteiger partial charge in [-0.25, -0.2) is 8.42 Å². The van der Waals surface area contributed by atoms with Crippen LogP contribution in [0.1, 0.15) is 11.1 Å². The molecule has 112 valence electrons. The molecule has 1 aromatic rings. The molecule has 1 aromatic carbocycles. The van der Waals surface area contributed by atoms with Crippen molar-refractivity contribution < 1.29 is 23.0 Å². The van der Waals surface area contributed by atoms with Crippen molar-refractivity contribution in [3.8, 4) is 0 Å². The Kier molecular flexibility index (Phi) is 5.54. The van der Waals surface area contributed by atoms with Crippen LogP contribution in [0.5, 0.6) is 0 Å². The number of hydrogen-bond donors (Lipinski definition) is 1. The van der Waals surface area contributed by atoms with E-state index in [9.17, 15) is 8.42 Å². The second kappa shape index (κ2) is 7.17. The fourth-order valence-corrected chi connectivity index (χ4v) is 2.74. The van der Waals surface area contributed by atoms with Crippen molar-refractivity contribution in [3.63, 3.8) is 0 Å². The third-order valence-electron chi connectivity index (χ3n) is 3.07. The molecule has 0 unspecified atom stereocenters. The molecular formula is C14H20O5S. The lowest BCUT2D eigenvalue weighted by Gasteiger charge is -2.14. The molecule has 1 fully saturated rings. The third-order valence-corrected chi connectivity index (χ3v) is 4.65. The largest absolute Gasteiger partial charge is 0.388 e. The van der Waals surface area contributed by atoms with Gasteiger partial charge in [-0.3, -0.25) is 0 Å². The number of benzene rings is 1. The monoisotopic (exact) mass is 300 g/mol. The second-order valence-corrected chi connectivity index (χ2v) is 7.20. The molecule has 5 nitrogen and oxygen atoms in total. The molecule has 0 radical (unpaired) electrons. The normalized spacial score (nSPS) is 22.1. The van der Waals surface area contributed by atoms with E-state index in [4.69, 9.17) is 14.6 Å². The van der Waals surface area contributed by atoms with E-state index in [2.05, 4.69) is 24.3 Å². The van der Waals surface area contributed by atoms with Crippen LogP contribution in [0.15, 0.2) is 24.3 Å². The molecule has 1 aliphatic carbocycles. The van der Waals surface area contributed by atoms with Crippen molar-refractivity contribution in [2.45, 2.75) is 12.5 Å². The van der Waals surface area contributed by atoms with Crippen LogP contribution in [0.3, 0.4) is 0 Å². The Morgan fingerprint density at radius 2 is 1.50 bits per heavy atom. The van der Waals surface area contributed by atoms with Crippen molar-refractivity contribution in [2.75, 3.05) is 37.9 Å². The van der Waals surface area contributed by atoms with Gasteiger partial charge >= 0.3 is 0 Å². The summed E-state index contributed by atoms with van der Waals surface area (Å²) in [6.45, 7) is 0.573. The van der Waals surface area contributed by atoms with Crippen molar-refractivity contribution in [1.29, 1.82) is 0 Å². The summed E-state index contributed by atoms with van der Waals surface area (Å²) < 4.78 is 32.2. The average molecular weight is 300 g/mol. The molecule has 1 aliphatic heterocycles. The average Bonchev–Trinajstić information content (AvgIpc) is 3.20. The molecule has 0 saturated carbocycles. The number of hydrogen-bond acceptors (Lipinski definition) is 5. The Hall–Kier alpha value is -0.950. The van der Waals surface area contributed by atoms with E-state index < -0.39 is 15.9 Å². The lowest BCUT2D eigenvalue weighted by molar-refractivity contribution is -0.0140. The number of sulfone groups is 1. The minimum atomic E-state index is -3.03. The molecule has 0 bridgehead atoms. The molecule has 0 aromatic heterocycles. The topological polar surface area (TPSA) is 72.8 Å². The maximum atomic E-state index is 11.1. The first-order valence-corrected chi connectivity index (χ1v) is 8.50. The number of aliphatic hydroxyl groups is 1. The Balaban J connectivity index is 0.000000173. The molecule has 20 heavy (non-hydrogen) atoms. The van der Waals surface area contributed by atoms with Gasteiger partial charge in [0.2, 0.25) is 0 Å². The van der Waals surface area contributed by atoms with E-state index in [0.29, 0.717) is 0 Å². The zero-order valence-electron chi connectivity index (χ0n) is 11.3. The molecular weight excluding hydrogens is 280 g/mol. The van der Waals surface area contributed by atoms with Crippen LogP contribution in [-0.4, -0.2) is 57.6 Å². The lowest BCUT2D eigenvalue weighted by Crippen LogP contribution is -2.28. The molecule has 1 N–H and O–H groups in total. The molecule has 1 heterocycles. The van der Waals surface area contributed by atoms with E-state index in [1.54, 1.807) is 0 Å². The van der Waals surface area contributed by atoms with Crippen LogP contribution in [0.25, 0.3) is 0 Å². The van der Waals surface area contributed by atoms with Gasteiger partial charge in [-0.2, -0.15) is 0 Å². The van der Waals surface area contributed by atoms with Crippen LogP contribution >= 0.6 is 0 Å². The van der Waals surface area contributed by atoms with Gasteiger partial charge in [-0.05, 0) is 17.5 Å². The first kappa shape index (κ1) is 15.4. The van der Waals surface area contributed by atoms with E-state index in [1.165, 1.54) is 17.5 Å². The standard InChI is InChI=1S/C7H14O5S.C7H6/c8-7-5-11-1-3-13(9,10)4-2-12-6-7;1-2-4-7-5-6(7)3-1/h7-8H,1-6H2;1-4H,5H2. The Morgan fingerprint density at radius 1 is 1.00 bits per heavy atom. The maximum Gasteiger partial charge on any atom is 0.154 e. The molecule has 3 rings (SSSR count). The van der Waals surface area contributed by atoms with E-state index in [-0.39, 0.29) is 37.9 Å². The number of fused-ring (bicyclic) bond motifs is 1. The maximum absolute atomic E-state index is 11.1. The fraction of sp³-hybridized carbons (Fsp3) is 0.571. The van der Waals surface area contributed by atoms with E-state index in [0.717, 1.165) is 0 Å². The van der Waals surface area contributed by atoms with Gasteiger partial charge in [0.25, 0.3) is 0 Å². The second-order valence-electron chi connectivity index (χ2n) is 4.90. The van der Waals surface area contributed by atoms with Gasteiger partial charge in [0.15, 0.2) is 9.84 Å². The van der Waals surface area contributed by atoms with Crippen LogP contribution in [0.2, 0.25) is 0 Å². The summed E-state index contributed by atoms with van der Waals surface area (Å²) in [4.78, 5) is 0. The highest BCUT2D eigenvalue weighted by Crippen LogP contribution is 2.25. The van der Waals surface area contributed by atoms with Crippen molar-refractivity contribution in [3.05, 3.63) is 35.4 Å². The Morgan fingerprint density at radius 3 is 1.95 bits per heavy atom. The summed E-state index contributed by atoms with van der Waals surface area (Å²) in [5.74, 6) is 0.00611. The zero-order valence-corrected chi connectivity index (χ0v) is 12.1. The van der Waals surface area contributed by atoms with Crippen LogP contribution in [0, 0.1) is 0 Å². The molecule has 0 atom stereocenters. The Bertz CT molecular complexity index is 487. The summed E-state index contributed by atoms with van der Waals surface area (Å²) in [5.41, 5.74) is 3.06. The third kappa shape index (κ3) is 5.58. The summed E-state index contributed by atoms with van der Waals surface area (Å²) in [5, 5.41) is 9.16. The molecule has 1 saturated heterocycles. The van der Waals surface area contributed by atoms with E-state index in [1.807, 2.05) is 0 Å². The molecule has 2 aliphatic rings. The van der Waals surface area contributed by atoms with Gasteiger partial charge in [0.05, 0.1) is 37.9 Å². The fourth-order valence-electron chi connectivity index (χ4n) is 1.80. The minimum Gasteiger partial charge on any atom is -0.388 e. The van der Waals surface area contributed by atoms with Crippen LogP contribution in [-0.2, 0) is 25.7 Å². The number of rotatable bonds is 0. The predicted octanol–water partition coefficient (Wildman–Crippen LogP) is 0.400. The van der Waals surface area contributed by atoms with Crippen molar-refractivity contribution >= 4 is 9.84 Å². The van der Waals surface area contributed by atoms with E-state index >= 15 is 0 Å². The summed E-state index contributed by atoms with van der Waals surface area (Å²) in [6, 6.07) is 8.53. The first-order chi connectivity index (χ1) is 9.57. The van der Waals surface area contributed by atoms with Gasteiger partial charge in [-0.15, -0.1) is 0 Å². The highest BCUT2D eigenvalue weighted by atomic mass is 32.2. The van der Waals surface area contributed by atoms with Crippen LogP contribution in [0.4, 0.5) is 0 Å². The quantitative estimate of drug-likeness (QED) is 0.762. The Labute approximate surface area is 119 Å². The predicted molar refractivity (Wildman–Crippen MR) is 75.5 cm³/mol. The number of aliphatic hydroxyl groups excluding tert-OH is 1. The van der Waals surface area contributed by atoms with Crippen molar-refractivity contribution in [2.24, 2.45) is 0 Å². The lowest BCUT2D eigenvalue weighted by atomic mass is 10.4. The summed E-state index contributed by atoms with van der Waals surface area (Å²) >= 11 is 0. The summed E-state index contributed by atoms with van der Waals surface area (Å²) in [6.07, 6.45) is 0.591. The van der Waals surface area contributed by atoms with Crippen molar-refractivity contribution in [1.82, 2.24) is 0 Å². The highest BCUT2D eigenvalue weighted by Gasteiger charge is 2.14. The highest BCUT2D eigenvalue weighted by molar-refractivity contribution is 7.91. The van der Waals surface area contributed by atoms with Crippen LogP contribution < -0.4 is 0 Å². The zero-order chi connectivity index (χ0) is 14.4. The minimum absolute atomic E-state index is 0.00306. The molecule has 6 heteroatoms. The SMILES string of the molecule is O=S1(=O)CCOCC(O)COCC1.c1ccc2c(c1)C2. The van der Waals surface area contributed by atoms with Gasteiger partial charge < -0.3 is 14.6 Å². The number of ether oxygens (including phenoxy) is 2.